The van der Waals surface area contributed by atoms with Gasteiger partial charge < -0.3 is 5.73 Å². The van der Waals surface area contributed by atoms with Crippen LogP contribution in [0, 0.1) is 10.1 Å². The van der Waals surface area contributed by atoms with Crippen molar-refractivity contribution in [2.75, 3.05) is 0 Å². The number of nitro benzene ring substituents is 1. The second-order valence-electron chi connectivity index (χ2n) is 4.57. The van der Waals surface area contributed by atoms with Crippen LogP contribution in [0.15, 0.2) is 12.1 Å². The Balaban J connectivity index is 3.45. The molecule has 0 atom stereocenters. The van der Waals surface area contributed by atoms with E-state index in [0.29, 0.717) is 5.69 Å². The average molecular weight is 221 g/mol. The maximum absolute atomic E-state index is 10.8. The first-order valence-electron chi connectivity index (χ1n) is 5.38. The van der Waals surface area contributed by atoms with Crippen molar-refractivity contribution in [3.8, 4) is 0 Å². The van der Waals surface area contributed by atoms with Crippen LogP contribution in [0.25, 0.3) is 0 Å². The van der Waals surface area contributed by atoms with Gasteiger partial charge in [-0.3, -0.25) is 10.1 Å². The van der Waals surface area contributed by atoms with Gasteiger partial charge in [0.1, 0.15) is 0 Å². The third kappa shape index (κ3) is 2.32. The van der Waals surface area contributed by atoms with E-state index in [4.69, 9.17) is 5.73 Å². The molecule has 0 unspecified atom stereocenters. The van der Waals surface area contributed by atoms with Gasteiger partial charge in [-0.15, -0.1) is 0 Å². The van der Waals surface area contributed by atoms with E-state index < -0.39 is 4.92 Å². The van der Waals surface area contributed by atoms with Crippen molar-refractivity contribution in [3.05, 3.63) is 33.4 Å². The topological polar surface area (TPSA) is 66.9 Å². The number of hydrogen-bond donors (Lipinski definition) is 0. The molecule has 1 radical (unpaired) electrons. The highest BCUT2D eigenvalue weighted by Gasteiger charge is 2.18. The third-order valence-electron chi connectivity index (χ3n) is 2.64. The van der Waals surface area contributed by atoms with Crippen LogP contribution in [0.5, 0.6) is 0 Å². The maximum Gasteiger partial charge on any atom is 0.270 e. The Hall–Kier alpha value is -1.58. The zero-order chi connectivity index (χ0) is 12.5. The molecule has 4 heteroatoms. The van der Waals surface area contributed by atoms with Gasteiger partial charge in [0.15, 0.2) is 0 Å². The zero-order valence-corrected chi connectivity index (χ0v) is 10.1. The first-order valence-corrected chi connectivity index (χ1v) is 5.38. The smallest absolute Gasteiger partial charge is 0.270 e. The van der Waals surface area contributed by atoms with Gasteiger partial charge in [0.2, 0.25) is 0 Å². The van der Waals surface area contributed by atoms with Gasteiger partial charge in [-0.1, -0.05) is 27.7 Å². The number of non-ortho nitro benzene ring substituents is 1. The third-order valence-corrected chi connectivity index (χ3v) is 2.64. The molecule has 0 spiro atoms. The molecule has 1 rings (SSSR count). The molecule has 87 valence electrons. The Morgan fingerprint density at radius 1 is 1.12 bits per heavy atom. The van der Waals surface area contributed by atoms with Crippen LogP contribution >= 0.6 is 0 Å². The fourth-order valence-corrected chi connectivity index (χ4v) is 1.69. The molecule has 0 aliphatic heterocycles. The number of nitro groups is 1. The minimum absolute atomic E-state index is 0.0865. The molecule has 0 saturated carbocycles. The van der Waals surface area contributed by atoms with E-state index in [1.54, 1.807) is 0 Å². The summed E-state index contributed by atoms with van der Waals surface area (Å²) < 4.78 is 0. The Kier molecular flexibility index (Phi) is 3.52. The second-order valence-corrected chi connectivity index (χ2v) is 4.57. The second kappa shape index (κ2) is 4.51. The number of rotatable bonds is 3. The minimum atomic E-state index is -0.392. The Morgan fingerprint density at radius 2 is 1.50 bits per heavy atom. The van der Waals surface area contributed by atoms with Gasteiger partial charge in [0.05, 0.1) is 10.6 Å². The van der Waals surface area contributed by atoms with E-state index in [1.165, 1.54) is 12.1 Å². The van der Waals surface area contributed by atoms with E-state index in [2.05, 4.69) is 0 Å². The van der Waals surface area contributed by atoms with Gasteiger partial charge in [0.25, 0.3) is 5.69 Å². The molecule has 0 aromatic heterocycles. The Labute approximate surface area is 95.6 Å². The van der Waals surface area contributed by atoms with Gasteiger partial charge in [-0.25, -0.2) is 0 Å². The van der Waals surface area contributed by atoms with Crippen LogP contribution in [-0.4, -0.2) is 4.92 Å². The summed E-state index contributed by atoms with van der Waals surface area (Å²) in [5.41, 5.74) is 10.0. The Morgan fingerprint density at radius 3 is 1.75 bits per heavy atom. The summed E-state index contributed by atoms with van der Waals surface area (Å²) in [5, 5.41) is 10.8. The highest BCUT2D eigenvalue weighted by Crippen LogP contribution is 2.34. The first-order chi connectivity index (χ1) is 7.34. The quantitative estimate of drug-likeness (QED) is 0.576. The van der Waals surface area contributed by atoms with Crippen LogP contribution in [0.1, 0.15) is 50.7 Å². The SMILES string of the molecule is CC(C)c1cc([N+](=O)[O-])cc(C(C)C)c1[NH]. The number of nitrogens with zero attached hydrogens (tertiary/aromatic N) is 1. The fourth-order valence-electron chi connectivity index (χ4n) is 1.69. The normalized spacial score (nSPS) is 11.1. The molecular weight excluding hydrogens is 204 g/mol. The van der Waals surface area contributed by atoms with Crippen molar-refractivity contribution in [1.29, 1.82) is 0 Å². The fraction of sp³-hybridized carbons (Fsp3) is 0.500. The van der Waals surface area contributed by atoms with Crippen LogP contribution in [0.2, 0.25) is 0 Å². The lowest BCUT2D eigenvalue weighted by Gasteiger charge is -2.15. The van der Waals surface area contributed by atoms with Crippen LogP contribution < -0.4 is 5.73 Å². The molecule has 0 amide bonds. The predicted octanol–water partition coefficient (Wildman–Crippen LogP) is 3.76. The number of hydrogen-bond acceptors (Lipinski definition) is 2. The minimum Gasteiger partial charge on any atom is -0.300 e. The number of nitrogens with one attached hydrogen (secondary N) is 1. The molecule has 0 aliphatic rings. The lowest BCUT2D eigenvalue weighted by Crippen LogP contribution is -2.00. The zero-order valence-electron chi connectivity index (χ0n) is 10.1. The summed E-state index contributed by atoms with van der Waals surface area (Å²) in [6.45, 7) is 7.78. The van der Waals surface area contributed by atoms with Crippen molar-refractivity contribution >= 4 is 11.4 Å². The van der Waals surface area contributed by atoms with Crippen LogP contribution in [0.3, 0.4) is 0 Å². The molecular formula is C12H17N2O2. The maximum atomic E-state index is 10.8. The summed E-state index contributed by atoms with van der Waals surface area (Å²) in [5.74, 6) is 0.259. The lowest BCUT2D eigenvalue weighted by atomic mass is 9.92. The lowest BCUT2D eigenvalue weighted by molar-refractivity contribution is -0.385. The average Bonchev–Trinajstić information content (AvgIpc) is 2.16. The van der Waals surface area contributed by atoms with E-state index in [9.17, 15) is 10.1 Å². The monoisotopic (exact) mass is 221 g/mol. The summed E-state index contributed by atoms with van der Waals surface area (Å²) >= 11 is 0. The molecule has 0 saturated heterocycles. The molecule has 16 heavy (non-hydrogen) atoms. The van der Waals surface area contributed by atoms with E-state index >= 15 is 0 Å². The summed E-state index contributed by atoms with van der Waals surface area (Å²) in [4.78, 5) is 10.4. The summed E-state index contributed by atoms with van der Waals surface area (Å²) in [6, 6.07) is 3.03. The van der Waals surface area contributed by atoms with Crippen LogP contribution in [-0.2, 0) is 0 Å². The van der Waals surface area contributed by atoms with Crippen molar-refractivity contribution in [2.45, 2.75) is 39.5 Å². The summed E-state index contributed by atoms with van der Waals surface area (Å²) in [6.07, 6.45) is 0. The highest BCUT2D eigenvalue weighted by atomic mass is 16.6. The molecule has 1 aromatic carbocycles. The molecule has 0 bridgehead atoms. The standard InChI is InChI=1S/C12H17N2O2/c1-7(2)10-5-9(14(15)16)6-11(8(3)4)12(10)13/h5-8,13H,1-4H3. The largest absolute Gasteiger partial charge is 0.300 e. The van der Waals surface area contributed by atoms with Crippen molar-refractivity contribution in [1.82, 2.24) is 5.73 Å². The van der Waals surface area contributed by atoms with Crippen molar-refractivity contribution in [2.24, 2.45) is 0 Å². The van der Waals surface area contributed by atoms with E-state index in [0.717, 1.165) is 11.1 Å². The van der Waals surface area contributed by atoms with Gasteiger partial charge in [-0.05, 0) is 23.0 Å². The van der Waals surface area contributed by atoms with Crippen LogP contribution in [0.4, 0.5) is 11.4 Å². The molecule has 1 aromatic rings. The Bertz CT molecular complexity index is 382. The van der Waals surface area contributed by atoms with Crippen molar-refractivity contribution in [3.63, 3.8) is 0 Å². The molecule has 0 heterocycles. The highest BCUT2D eigenvalue weighted by molar-refractivity contribution is 5.59. The number of benzene rings is 1. The predicted molar refractivity (Wildman–Crippen MR) is 64.0 cm³/mol. The first kappa shape index (κ1) is 12.5. The molecule has 4 nitrogen and oxygen atoms in total. The van der Waals surface area contributed by atoms with Gasteiger partial charge in [-0.2, -0.15) is 0 Å². The molecule has 1 N–H and O–H groups in total. The van der Waals surface area contributed by atoms with Gasteiger partial charge in [0, 0.05) is 12.1 Å². The molecule has 0 fully saturated rings. The van der Waals surface area contributed by atoms with Crippen molar-refractivity contribution < 1.29 is 4.92 Å². The molecule has 0 aliphatic carbocycles. The van der Waals surface area contributed by atoms with E-state index in [1.807, 2.05) is 27.7 Å². The van der Waals surface area contributed by atoms with Gasteiger partial charge >= 0.3 is 0 Å². The summed E-state index contributed by atoms with van der Waals surface area (Å²) in [7, 11) is 0. The van der Waals surface area contributed by atoms with E-state index in [-0.39, 0.29) is 17.5 Å².